The molecular formula is C13H17N3O4S. The van der Waals surface area contributed by atoms with Gasteiger partial charge in [-0.25, -0.2) is 13.1 Å². The molecule has 0 spiro atoms. The molecule has 21 heavy (non-hydrogen) atoms. The fourth-order valence-corrected chi connectivity index (χ4v) is 3.09. The minimum absolute atomic E-state index is 0.0395. The number of nitrogens with zero attached hydrogens (tertiary/aromatic N) is 1. The maximum atomic E-state index is 12.1. The van der Waals surface area contributed by atoms with E-state index < -0.39 is 21.8 Å². The van der Waals surface area contributed by atoms with Gasteiger partial charge in [0.25, 0.3) is 11.8 Å². The first-order valence-corrected chi connectivity index (χ1v) is 7.94. The van der Waals surface area contributed by atoms with Crippen LogP contribution in [0, 0.1) is 0 Å². The first-order chi connectivity index (χ1) is 9.74. The Morgan fingerprint density at radius 2 is 1.86 bits per heavy atom. The lowest BCUT2D eigenvalue weighted by atomic mass is 10.1. The molecule has 7 nitrogen and oxygen atoms in total. The van der Waals surface area contributed by atoms with Crippen LogP contribution >= 0.6 is 0 Å². The molecule has 2 amide bonds. The molecule has 0 saturated carbocycles. The maximum absolute atomic E-state index is 12.1. The number of sulfonamides is 1. The van der Waals surface area contributed by atoms with Crippen molar-refractivity contribution < 1.29 is 18.0 Å². The van der Waals surface area contributed by atoms with Crippen LogP contribution in [0.25, 0.3) is 0 Å². The van der Waals surface area contributed by atoms with Gasteiger partial charge in [-0.05, 0) is 31.5 Å². The Bertz CT molecular complexity index is 697. The minimum atomic E-state index is -3.72. The molecular weight excluding hydrogens is 294 g/mol. The lowest BCUT2D eigenvalue weighted by Gasteiger charge is -2.09. The number of nitrogens with two attached hydrogens (primary N) is 1. The molecule has 1 aliphatic heterocycles. The van der Waals surface area contributed by atoms with Crippen molar-refractivity contribution in [2.75, 3.05) is 13.6 Å². The highest BCUT2D eigenvalue weighted by atomic mass is 32.2. The molecule has 0 aliphatic carbocycles. The summed E-state index contributed by atoms with van der Waals surface area (Å²) in [4.78, 5) is 24.5. The van der Waals surface area contributed by atoms with Crippen LogP contribution in [-0.4, -0.2) is 44.8 Å². The van der Waals surface area contributed by atoms with Crippen molar-refractivity contribution in [2.24, 2.45) is 5.73 Å². The van der Waals surface area contributed by atoms with Gasteiger partial charge in [-0.15, -0.1) is 0 Å². The van der Waals surface area contributed by atoms with E-state index in [4.69, 9.17) is 5.73 Å². The number of fused-ring (bicyclic) bond motifs is 1. The highest BCUT2D eigenvalue weighted by Gasteiger charge is 2.33. The summed E-state index contributed by atoms with van der Waals surface area (Å²) in [6, 6.07) is 3.80. The second-order valence-electron chi connectivity index (χ2n) is 5.04. The molecule has 8 heteroatoms. The van der Waals surface area contributed by atoms with Gasteiger partial charge in [0.1, 0.15) is 0 Å². The molecule has 0 aromatic heterocycles. The number of rotatable bonds is 5. The van der Waals surface area contributed by atoms with Gasteiger partial charge in [0.15, 0.2) is 0 Å². The molecule has 2 rings (SSSR count). The summed E-state index contributed by atoms with van der Waals surface area (Å²) in [7, 11) is -2.36. The third kappa shape index (κ3) is 2.97. The van der Waals surface area contributed by atoms with E-state index in [1.165, 1.54) is 25.2 Å². The van der Waals surface area contributed by atoms with Gasteiger partial charge >= 0.3 is 0 Å². The van der Waals surface area contributed by atoms with Crippen LogP contribution in [0.2, 0.25) is 0 Å². The molecule has 114 valence electrons. The van der Waals surface area contributed by atoms with Gasteiger partial charge in [0.2, 0.25) is 10.0 Å². The van der Waals surface area contributed by atoms with Gasteiger partial charge in [-0.1, -0.05) is 0 Å². The Kier molecular flexibility index (Phi) is 4.13. The summed E-state index contributed by atoms with van der Waals surface area (Å²) in [5.74, 6) is -0.925. The molecule has 1 heterocycles. The van der Waals surface area contributed by atoms with Gasteiger partial charge in [0, 0.05) is 19.6 Å². The third-order valence-corrected chi connectivity index (χ3v) is 4.72. The van der Waals surface area contributed by atoms with Crippen LogP contribution in [0.15, 0.2) is 23.1 Å². The topological polar surface area (TPSA) is 110 Å². The predicted molar refractivity (Wildman–Crippen MR) is 76.3 cm³/mol. The van der Waals surface area contributed by atoms with E-state index in [0.717, 1.165) is 4.90 Å². The number of benzene rings is 1. The third-order valence-electron chi connectivity index (χ3n) is 3.26. The SMILES string of the molecule is CC(N)CCNS(=O)(=O)c1ccc2c(c1)C(=O)N(C)C2=O. The van der Waals surface area contributed by atoms with Crippen molar-refractivity contribution in [3.63, 3.8) is 0 Å². The van der Waals surface area contributed by atoms with Crippen LogP contribution < -0.4 is 10.5 Å². The van der Waals surface area contributed by atoms with Crippen LogP contribution in [-0.2, 0) is 10.0 Å². The minimum Gasteiger partial charge on any atom is -0.328 e. The molecule has 1 aromatic rings. The quantitative estimate of drug-likeness (QED) is 0.740. The molecule has 1 aromatic carbocycles. The monoisotopic (exact) mass is 311 g/mol. The smallest absolute Gasteiger partial charge is 0.261 e. The molecule has 1 unspecified atom stereocenters. The molecule has 1 aliphatic rings. The van der Waals surface area contributed by atoms with Crippen LogP contribution in [0.1, 0.15) is 34.1 Å². The maximum Gasteiger partial charge on any atom is 0.261 e. The average molecular weight is 311 g/mol. The van der Waals surface area contributed by atoms with Crippen LogP contribution in [0.3, 0.4) is 0 Å². The van der Waals surface area contributed by atoms with Crippen molar-refractivity contribution >= 4 is 21.8 Å². The van der Waals surface area contributed by atoms with E-state index in [2.05, 4.69) is 4.72 Å². The van der Waals surface area contributed by atoms with Crippen molar-refractivity contribution in [3.8, 4) is 0 Å². The number of imide groups is 1. The van der Waals surface area contributed by atoms with E-state index in [1.807, 2.05) is 0 Å². The Morgan fingerprint density at radius 1 is 1.24 bits per heavy atom. The fraction of sp³-hybridized carbons (Fsp3) is 0.385. The molecule has 0 saturated heterocycles. The van der Waals surface area contributed by atoms with Crippen molar-refractivity contribution in [3.05, 3.63) is 29.3 Å². The number of hydrogen-bond donors (Lipinski definition) is 2. The standard InChI is InChI=1S/C13H17N3O4S/c1-8(14)5-6-15-21(19,20)9-3-4-10-11(7-9)13(18)16(2)12(10)17/h3-4,7-8,15H,5-6,14H2,1-2H3. The number of amides is 2. The van der Waals surface area contributed by atoms with Gasteiger partial charge in [-0.2, -0.15) is 0 Å². The Balaban J connectivity index is 2.27. The van der Waals surface area contributed by atoms with E-state index >= 15 is 0 Å². The van der Waals surface area contributed by atoms with Gasteiger partial charge in [0.05, 0.1) is 16.0 Å². The summed E-state index contributed by atoms with van der Waals surface area (Å²) < 4.78 is 26.7. The molecule has 0 radical (unpaired) electrons. The number of carbonyl (C=O) groups excluding carboxylic acids is 2. The number of hydrogen-bond acceptors (Lipinski definition) is 5. The average Bonchev–Trinajstić information content (AvgIpc) is 2.63. The summed E-state index contributed by atoms with van der Waals surface area (Å²) in [6.45, 7) is 1.99. The molecule has 3 N–H and O–H groups in total. The van der Waals surface area contributed by atoms with Crippen molar-refractivity contribution in [1.82, 2.24) is 9.62 Å². The second kappa shape index (κ2) is 5.55. The molecule has 1 atom stereocenters. The van der Waals surface area contributed by atoms with Crippen molar-refractivity contribution in [2.45, 2.75) is 24.3 Å². The Morgan fingerprint density at radius 3 is 2.48 bits per heavy atom. The Hall–Kier alpha value is -1.77. The largest absolute Gasteiger partial charge is 0.328 e. The zero-order valence-electron chi connectivity index (χ0n) is 11.8. The van der Waals surface area contributed by atoms with Crippen molar-refractivity contribution in [1.29, 1.82) is 0 Å². The first kappa shape index (κ1) is 15.6. The van der Waals surface area contributed by atoms with E-state index in [-0.39, 0.29) is 28.6 Å². The normalized spacial score (nSPS) is 16.2. The lowest BCUT2D eigenvalue weighted by Crippen LogP contribution is -2.29. The molecule has 0 bridgehead atoms. The zero-order valence-corrected chi connectivity index (χ0v) is 12.6. The summed E-state index contributed by atoms with van der Waals surface area (Å²) in [6.07, 6.45) is 0.504. The summed E-state index contributed by atoms with van der Waals surface area (Å²) >= 11 is 0. The number of nitrogens with one attached hydrogen (secondary N) is 1. The highest BCUT2D eigenvalue weighted by Crippen LogP contribution is 2.24. The summed E-state index contributed by atoms with van der Waals surface area (Å²) in [5, 5.41) is 0. The highest BCUT2D eigenvalue weighted by molar-refractivity contribution is 7.89. The van der Waals surface area contributed by atoms with E-state index in [1.54, 1.807) is 6.92 Å². The van der Waals surface area contributed by atoms with Gasteiger partial charge in [-0.3, -0.25) is 14.5 Å². The summed E-state index contributed by atoms with van der Waals surface area (Å²) in [5.41, 5.74) is 5.89. The first-order valence-electron chi connectivity index (χ1n) is 6.45. The van der Waals surface area contributed by atoms with E-state index in [0.29, 0.717) is 6.42 Å². The lowest BCUT2D eigenvalue weighted by molar-refractivity contribution is 0.0693. The zero-order chi connectivity index (χ0) is 15.8. The van der Waals surface area contributed by atoms with Crippen LogP contribution in [0.4, 0.5) is 0 Å². The van der Waals surface area contributed by atoms with E-state index in [9.17, 15) is 18.0 Å². The molecule has 0 fully saturated rings. The van der Waals surface area contributed by atoms with Gasteiger partial charge < -0.3 is 5.73 Å². The van der Waals surface area contributed by atoms with Crippen LogP contribution in [0.5, 0.6) is 0 Å². The number of carbonyl (C=O) groups is 2. The Labute approximate surface area is 123 Å². The second-order valence-corrected chi connectivity index (χ2v) is 6.81. The predicted octanol–water partition coefficient (Wildman–Crippen LogP) is -0.0720. The fourth-order valence-electron chi connectivity index (χ4n) is 2.01.